The van der Waals surface area contributed by atoms with Crippen molar-refractivity contribution in [1.82, 2.24) is 14.5 Å². The lowest BCUT2D eigenvalue weighted by Crippen LogP contribution is -2.28. The number of aromatic nitrogens is 2. The van der Waals surface area contributed by atoms with Gasteiger partial charge >= 0.3 is 10.2 Å². The molecule has 1 aromatic heterocycles. The van der Waals surface area contributed by atoms with E-state index in [4.69, 9.17) is 0 Å². The summed E-state index contributed by atoms with van der Waals surface area (Å²) in [7, 11) is -0.614. The van der Waals surface area contributed by atoms with Crippen LogP contribution >= 0.6 is 11.3 Å². The molecule has 2 aromatic rings. The summed E-state index contributed by atoms with van der Waals surface area (Å²) in [6.45, 7) is 0. The summed E-state index contributed by atoms with van der Waals surface area (Å²) in [6, 6.07) is 9.83. The summed E-state index contributed by atoms with van der Waals surface area (Å²) in [5, 5.41) is 8.85. The number of nitrogens with one attached hydrogen (secondary N) is 1. The Morgan fingerprint density at radius 1 is 1.21 bits per heavy atom. The summed E-state index contributed by atoms with van der Waals surface area (Å²) < 4.78 is 26.7. The maximum absolute atomic E-state index is 11.6. The minimum atomic E-state index is -3.52. The molecule has 1 aromatic carbocycles. The molecule has 1 N–H and O–H groups in total. The first-order valence-corrected chi connectivity index (χ1v) is 7.79. The molecule has 2 rings (SSSR count). The lowest BCUT2D eigenvalue weighted by atomic mass is 10.2. The average Bonchev–Trinajstić information content (AvgIpc) is 2.77. The highest BCUT2D eigenvalue weighted by Gasteiger charge is 2.16. The molecule has 1 heterocycles. The zero-order valence-electron chi connectivity index (χ0n) is 10.6. The highest BCUT2D eigenvalue weighted by molar-refractivity contribution is 7.90. The van der Waals surface area contributed by atoms with Gasteiger partial charge in [-0.25, -0.2) is 4.72 Å². The molecular weight excluding hydrogens is 284 g/mol. The molecule has 8 heteroatoms. The molecule has 0 aliphatic rings. The van der Waals surface area contributed by atoms with Crippen molar-refractivity contribution >= 4 is 26.7 Å². The third-order valence-corrected chi connectivity index (χ3v) is 4.74. The lowest BCUT2D eigenvalue weighted by molar-refractivity contribution is 0.526. The molecule has 0 atom stereocenters. The van der Waals surface area contributed by atoms with Gasteiger partial charge < -0.3 is 0 Å². The van der Waals surface area contributed by atoms with E-state index in [1.54, 1.807) is 0 Å². The van der Waals surface area contributed by atoms with Gasteiger partial charge in [-0.1, -0.05) is 41.7 Å². The number of nitrogens with zero attached hydrogens (tertiary/aromatic N) is 3. The molecule has 0 bridgehead atoms. The number of hydrogen-bond acceptors (Lipinski definition) is 5. The SMILES string of the molecule is CN(C)S(=O)(=O)Nc1nnc(Cc2ccccc2)s1. The third kappa shape index (κ3) is 3.72. The zero-order valence-corrected chi connectivity index (χ0v) is 12.2. The van der Waals surface area contributed by atoms with Crippen molar-refractivity contribution in [2.75, 3.05) is 18.8 Å². The molecule has 0 unspecified atom stereocenters. The quantitative estimate of drug-likeness (QED) is 0.904. The average molecular weight is 298 g/mol. The number of benzene rings is 1. The highest BCUT2D eigenvalue weighted by Crippen LogP contribution is 2.19. The predicted molar refractivity (Wildman–Crippen MR) is 75.4 cm³/mol. The van der Waals surface area contributed by atoms with Crippen LogP contribution in [0.25, 0.3) is 0 Å². The zero-order chi connectivity index (χ0) is 13.9. The Labute approximate surface area is 116 Å². The summed E-state index contributed by atoms with van der Waals surface area (Å²) in [6.07, 6.45) is 0.641. The fraction of sp³-hybridized carbons (Fsp3) is 0.273. The van der Waals surface area contributed by atoms with Crippen LogP contribution in [0.1, 0.15) is 10.6 Å². The van der Waals surface area contributed by atoms with E-state index in [1.165, 1.54) is 25.4 Å². The Bertz CT molecular complexity index is 638. The molecule has 0 aliphatic carbocycles. The summed E-state index contributed by atoms with van der Waals surface area (Å²) >= 11 is 1.23. The Morgan fingerprint density at radius 2 is 1.89 bits per heavy atom. The first-order valence-electron chi connectivity index (χ1n) is 5.54. The van der Waals surface area contributed by atoms with Crippen LogP contribution in [-0.2, 0) is 16.6 Å². The smallest absolute Gasteiger partial charge is 0.244 e. The highest BCUT2D eigenvalue weighted by atomic mass is 32.2. The van der Waals surface area contributed by atoms with E-state index in [1.807, 2.05) is 30.3 Å². The van der Waals surface area contributed by atoms with Crippen molar-refractivity contribution in [3.63, 3.8) is 0 Å². The van der Waals surface area contributed by atoms with Crippen LogP contribution in [0.2, 0.25) is 0 Å². The molecule has 0 radical (unpaired) electrons. The minimum absolute atomic E-state index is 0.277. The fourth-order valence-electron chi connectivity index (χ4n) is 1.34. The second kappa shape index (κ2) is 5.64. The molecule has 0 spiro atoms. The van der Waals surface area contributed by atoms with Gasteiger partial charge in [0.1, 0.15) is 5.01 Å². The van der Waals surface area contributed by atoms with Gasteiger partial charge in [0.2, 0.25) is 5.13 Å². The van der Waals surface area contributed by atoms with Gasteiger partial charge in [0.05, 0.1) is 0 Å². The number of hydrogen-bond donors (Lipinski definition) is 1. The maximum Gasteiger partial charge on any atom is 0.302 e. The third-order valence-electron chi connectivity index (χ3n) is 2.36. The number of anilines is 1. The van der Waals surface area contributed by atoms with Gasteiger partial charge in [0.15, 0.2) is 0 Å². The Balaban J connectivity index is 2.08. The standard InChI is InChI=1S/C11H14N4O2S2/c1-15(2)19(16,17)14-11-13-12-10(18-11)8-9-6-4-3-5-7-9/h3-7H,8H2,1-2H3,(H,13,14). The molecule has 102 valence electrons. The van der Waals surface area contributed by atoms with E-state index >= 15 is 0 Å². The Kier molecular flexibility index (Phi) is 4.13. The normalized spacial score (nSPS) is 11.7. The van der Waals surface area contributed by atoms with Gasteiger partial charge in [0.25, 0.3) is 0 Å². The van der Waals surface area contributed by atoms with Gasteiger partial charge in [-0.05, 0) is 5.56 Å². The molecule has 0 amide bonds. The van der Waals surface area contributed by atoms with Crippen LogP contribution in [0.5, 0.6) is 0 Å². The summed E-state index contributed by atoms with van der Waals surface area (Å²) in [5.74, 6) is 0. The second-order valence-electron chi connectivity index (χ2n) is 4.05. The topological polar surface area (TPSA) is 75.2 Å². The molecule has 19 heavy (non-hydrogen) atoms. The van der Waals surface area contributed by atoms with Crippen molar-refractivity contribution in [2.45, 2.75) is 6.42 Å². The molecule has 0 fully saturated rings. The Morgan fingerprint density at radius 3 is 2.53 bits per heavy atom. The van der Waals surface area contributed by atoms with Gasteiger partial charge in [-0.3, -0.25) is 0 Å². The van der Waals surface area contributed by atoms with Gasteiger partial charge in [-0.2, -0.15) is 12.7 Å². The van der Waals surface area contributed by atoms with E-state index in [2.05, 4.69) is 14.9 Å². The van der Waals surface area contributed by atoms with Crippen LogP contribution < -0.4 is 4.72 Å². The van der Waals surface area contributed by atoms with Crippen LogP contribution in [0, 0.1) is 0 Å². The van der Waals surface area contributed by atoms with Crippen LogP contribution in [0.3, 0.4) is 0 Å². The molecule has 6 nitrogen and oxygen atoms in total. The molecular formula is C11H14N4O2S2. The molecule has 0 saturated carbocycles. The van der Waals surface area contributed by atoms with Crippen LogP contribution in [0.15, 0.2) is 30.3 Å². The first-order chi connectivity index (χ1) is 8.97. The van der Waals surface area contributed by atoms with E-state index < -0.39 is 10.2 Å². The summed E-state index contributed by atoms with van der Waals surface area (Å²) in [4.78, 5) is 0. The predicted octanol–water partition coefficient (Wildman–Crippen LogP) is 1.35. The van der Waals surface area contributed by atoms with E-state index in [-0.39, 0.29) is 5.13 Å². The van der Waals surface area contributed by atoms with Crippen molar-refractivity contribution in [3.8, 4) is 0 Å². The van der Waals surface area contributed by atoms with Gasteiger partial charge in [0, 0.05) is 20.5 Å². The Hall–Kier alpha value is -1.51. The fourth-order valence-corrected chi connectivity index (χ4v) is 2.89. The van der Waals surface area contributed by atoms with Gasteiger partial charge in [-0.15, -0.1) is 10.2 Å². The van der Waals surface area contributed by atoms with E-state index in [0.29, 0.717) is 6.42 Å². The molecule has 0 saturated heterocycles. The molecule has 0 aliphatic heterocycles. The van der Waals surface area contributed by atoms with Crippen LogP contribution in [-0.4, -0.2) is 37.0 Å². The monoisotopic (exact) mass is 298 g/mol. The van der Waals surface area contributed by atoms with E-state index in [0.717, 1.165) is 14.9 Å². The van der Waals surface area contributed by atoms with Crippen molar-refractivity contribution in [1.29, 1.82) is 0 Å². The lowest BCUT2D eigenvalue weighted by Gasteiger charge is -2.10. The van der Waals surface area contributed by atoms with Crippen molar-refractivity contribution < 1.29 is 8.42 Å². The van der Waals surface area contributed by atoms with E-state index in [9.17, 15) is 8.42 Å². The number of rotatable bonds is 5. The first kappa shape index (κ1) is 13.9. The van der Waals surface area contributed by atoms with Crippen LogP contribution in [0.4, 0.5) is 5.13 Å². The summed E-state index contributed by atoms with van der Waals surface area (Å²) in [5.41, 5.74) is 1.11. The van der Waals surface area contributed by atoms with Crippen molar-refractivity contribution in [2.24, 2.45) is 0 Å². The largest absolute Gasteiger partial charge is 0.302 e. The second-order valence-corrected chi connectivity index (χ2v) is 7.00. The maximum atomic E-state index is 11.6. The minimum Gasteiger partial charge on any atom is -0.244 e. The van der Waals surface area contributed by atoms with Crippen molar-refractivity contribution in [3.05, 3.63) is 40.9 Å².